The minimum atomic E-state index is -6.61. The second-order valence-electron chi connectivity index (χ2n) is 8.59. The molecular weight excluding hydrogens is 604 g/mol. The molecule has 230 valence electrons. The van der Waals surface area contributed by atoms with Gasteiger partial charge in [0.05, 0.1) is 6.54 Å². The standard InChI is InChI=1S/C25H18F12N2O3/c26-21(27)42-20-11-18(7-8-38-20)41-17-6-2-5-16(10-17)39(13-19(40)23(30,31)32)12-14-3-1-4-15(9-14)22(28,29)24(33,34)25(35,36)37/h1-11,19,21,40H,12-13H2. The molecule has 1 heterocycles. The summed E-state index contributed by atoms with van der Waals surface area (Å²) in [5.74, 6) is -12.9. The molecule has 3 aromatic rings. The lowest BCUT2D eigenvalue weighted by Crippen LogP contribution is -2.50. The Kier molecular flexibility index (Phi) is 9.44. The molecule has 1 atom stereocenters. The smallest absolute Gasteiger partial charge is 0.457 e. The van der Waals surface area contributed by atoms with E-state index in [0.29, 0.717) is 12.1 Å². The predicted octanol–water partition coefficient (Wildman–Crippen LogP) is 7.69. The Morgan fingerprint density at radius 2 is 1.45 bits per heavy atom. The van der Waals surface area contributed by atoms with Crippen LogP contribution in [-0.4, -0.2) is 47.6 Å². The number of nitrogens with zero attached hydrogens (tertiary/aromatic N) is 2. The van der Waals surface area contributed by atoms with Gasteiger partial charge < -0.3 is 19.5 Å². The molecule has 0 aliphatic heterocycles. The average Bonchev–Trinajstić information content (AvgIpc) is 2.87. The van der Waals surface area contributed by atoms with E-state index < -0.39 is 67.0 Å². The van der Waals surface area contributed by atoms with Crippen molar-refractivity contribution >= 4 is 5.69 Å². The van der Waals surface area contributed by atoms with Crippen molar-refractivity contribution in [3.63, 3.8) is 0 Å². The molecule has 0 aliphatic carbocycles. The molecule has 0 fully saturated rings. The summed E-state index contributed by atoms with van der Waals surface area (Å²) in [6.45, 7) is -5.21. The number of rotatable bonds is 11. The maximum absolute atomic E-state index is 14.3. The molecule has 42 heavy (non-hydrogen) atoms. The van der Waals surface area contributed by atoms with E-state index in [-0.39, 0.29) is 23.3 Å². The van der Waals surface area contributed by atoms with E-state index in [1.54, 1.807) is 0 Å². The van der Waals surface area contributed by atoms with Crippen molar-refractivity contribution < 1.29 is 67.3 Å². The van der Waals surface area contributed by atoms with Crippen molar-refractivity contribution in [2.24, 2.45) is 0 Å². The lowest BCUT2D eigenvalue weighted by atomic mass is 9.99. The maximum atomic E-state index is 14.3. The van der Waals surface area contributed by atoms with Crippen LogP contribution < -0.4 is 14.4 Å². The minimum absolute atomic E-state index is 0.0970. The van der Waals surface area contributed by atoms with Gasteiger partial charge in [0, 0.05) is 36.1 Å². The van der Waals surface area contributed by atoms with Gasteiger partial charge >= 0.3 is 30.8 Å². The highest BCUT2D eigenvalue weighted by molar-refractivity contribution is 5.52. The minimum Gasteiger partial charge on any atom is -0.457 e. The largest absolute Gasteiger partial charge is 0.460 e. The van der Waals surface area contributed by atoms with Gasteiger partial charge in [-0.05, 0) is 29.8 Å². The van der Waals surface area contributed by atoms with Gasteiger partial charge in [0.2, 0.25) is 5.88 Å². The highest BCUT2D eigenvalue weighted by atomic mass is 19.4. The van der Waals surface area contributed by atoms with Crippen LogP contribution in [0, 0.1) is 0 Å². The Balaban J connectivity index is 1.95. The van der Waals surface area contributed by atoms with Gasteiger partial charge in [-0.15, -0.1) is 0 Å². The topological polar surface area (TPSA) is 54.8 Å². The lowest BCUT2D eigenvalue weighted by molar-refractivity contribution is -0.359. The lowest BCUT2D eigenvalue weighted by Gasteiger charge is -2.30. The van der Waals surface area contributed by atoms with Crippen LogP contribution >= 0.6 is 0 Å². The molecule has 0 spiro atoms. The van der Waals surface area contributed by atoms with Crippen molar-refractivity contribution in [1.29, 1.82) is 0 Å². The maximum Gasteiger partial charge on any atom is 0.460 e. The van der Waals surface area contributed by atoms with Gasteiger partial charge in [-0.2, -0.15) is 52.7 Å². The third-order valence-electron chi connectivity index (χ3n) is 5.52. The molecule has 2 aromatic carbocycles. The van der Waals surface area contributed by atoms with Crippen molar-refractivity contribution in [2.45, 2.75) is 43.5 Å². The number of benzene rings is 2. The fourth-order valence-corrected chi connectivity index (χ4v) is 3.51. The van der Waals surface area contributed by atoms with Gasteiger partial charge in [0.1, 0.15) is 11.5 Å². The molecule has 0 bridgehead atoms. The molecule has 17 heteroatoms. The van der Waals surface area contributed by atoms with Crippen LogP contribution in [0.5, 0.6) is 17.4 Å². The van der Waals surface area contributed by atoms with E-state index in [4.69, 9.17) is 4.74 Å². The van der Waals surface area contributed by atoms with Crippen LogP contribution in [0.2, 0.25) is 0 Å². The number of aliphatic hydroxyl groups excluding tert-OH is 1. The first-order chi connectivity index (χ1) is 19.3. The van der Waals surface area contributed by atoms with Gasteiger partial charge in [0.15, 0.2) is 6.10 Å². The number of aliphatic hydroxyl groups is 1. The molecule has 0 radical (unpaired) electrons. The first kappa shape index (κ1) is 32.6. The second kappa shape index (κ2) is 12.1. The average molecular weight is 622 g/mol. The van der Waals surface area contributed by atoms with Gasteiger partial charge in [0.25, 0.3) is 0 Å². The van der Waals surface area contributed by atoms with Crippen molar-refractivity contribution in [2.75, 3.05) is 11.4 Å². The monoisotopic (exact) mass is 622 g/mol. The molecule has 0 aliphatic rings. The summed E-state index contributed by atoms with van der Waals surface area (Å²) in [6.07, 6.45) is -13.7. The van der Waals surface area contributed by atoms with Crippen molar-refractivity contribution in [1.82, 2.24) is 4.98 Å². The number of alkyl halides is 12. The number of aromatic nitrogens is 1. The second-order valence-corrected chi connectivity index (χ2v) is 8.59. The summed E-state index contributed by atoms with van der Waals surface area (Å²) in [6, 6.07) is 9.30. The third kappa shape index (κ3) is 7.68. The number of ether oxygens (including phenoxy) is 2. The van der Waals surface area contributed by atoms with E-state index in [9.17, 15) is 57.8 Å². The van der Waals surface area contributed by atoms with Crippen LogP contribution in [0.3, 0.4) is 0 Å². The SMILES string of the molecule is OC(CN(Cc1cccc(C(F)(F)C(F)(F)C(F)(F)F)c1)c1cccc(Oc2ccnc(OC(F)F)c2)c1)C(F)(F)F. The van der Waals surface area contributed by atoms with Crippen LogP contribution in [0.25, 0.3) is 0 Å². The quantitative estimate of drug-likeness (QED) is 0.222. The molecule has 1 aromatic heterocycles. The van der Waals surface area contributed by atoms with Crippen molar-refractivity contribution in [3.8, 4) is 17.4 Å². The predicted molar refractivity (Wildman–Crippen MR) is 122 cm³/mol. The normalized spacial score (nSPS) is 13.7. The summed E-state index contributed by atoms with van der Waals surface area (Å²) < 4.78 is 168. The van der Waals surface area contributed by atoms with Crippen LogP contribution in [-0.2, 0) is 12.5 Å². The first-order valence-corrected chi connectivity index (χ1v) is 11.4. The third-order valence-corrected chi connectivity index (χ3v) is 5.52. The molecule has 0 saturated carbocycles. The highest BCUT2D eigenvalue weighted by Crippen LogP contribution is 2.51. The summed E-state index contributed by atoms with van der Waals surface area (Å²) in [5, 5.41) is 9.66. The Bertz CT molecular complexity index is 1350. The molecule has 0 amide bonds. The zero-order valence-electron chi connectivity index (χ0n) is 20.6. The first-order valence-electron chi connectivity index (χ1n) is 11.4. The van der Waals surface area contributed by atoms with Gasteiger partial charge in [-0.1, -0.05) is 24.3 Å². The van der Waals surface area contributed by atoms with Crippen LogP contribution in [0.4, 0.5) is 58.4 Å². The molecule has 1 unspecified atom stereocenters. The van der Waals surface area contributed by atoms with E-state index >= 15 is 0 Å². The zero-order chi connectivity index (χ0) is 31.5. The summed E-state index contributed by atoms with van der Waals surface area (Å²) in [7, 11) is 0. The summed E-state index contributed by atoms with van der Waals surface area (Å²) in [5.41, 5.74) is -2.31. The van der Waals surface area contributed by atoms with E-state index in [1.165, 1.54) is 24.3 Å². The number of hydrogen-bond donors (Lipinski definition) is 1. The van der Waals surface area contributed by atoms with E-state index in [0.717, 1.165) is 29.3 Å². The highest BCUT2D eigenvalue weighted by Gasteiger charge is 2.73. The molecule has 3 rings (SSSR count). The van der Waals surface area contributed by atoms with Crippen molar-refractivity contribution in [3.05, 3.63) is 78.0 Å². The van der Waals surface area contributed by atoms with E-state index in [2.05, 4.69) is 9.72 Å². The summed E-state index contributed by atoms with van der Waals surface area (Å²) in [4.78, 5) is 4.31. The zero-order valence-corrected chi connectivity index (χ0v) is 20.6. The fraction of sp³-hybridized carbons (Fsp3) is 0.320. The Labute approximate surface area is 228 Å². The Hall–Kier alpha value is -3.89. The summed E-state index contributed by atoms with van der Waals surface area (Å²) >= 11 is 0. The van der Waals surface area contributed by atoms with Crippen LogP contribution in [0.15, 0.2) is 66.9 Å². The molecule has 1 N–H and O–H groups in total. The fourth-order valence-electron chi connectivity index (χ4n) is 3.51. The number of anilines is 1. The molecule has 5 nitrogen and oxygen atoms in total. The van der Waals surface area contributed by atoms with E-state index in [1.807, 2.05) is 0 Å². The molecule has 0 saturated heterocycles. The number of hydrogen-bond acceptors (Lipinski definition) is 5. The van der Waals surface area contributed by atoms with Gasteiger partial charge in [-0.3, -0.25) is 0 Å². The Morgan fingerprint density at radius 3 is 2.07 bits per heavy atom. The van der Waals surface area contributed by atoms with Crippen LogP contribution in [0.1, 0.15) is 11.1 Å². The van der Waals surface area contributed by atoms with Gasteiger partial charge in [-0.25, -0.2) is 4.98 Å². The number of halogens is 12. The Morgan fingerprint density at radius 1 is 0.810 bits per heavy atom. The molecular formula is C25H18F12N2O3. The number of pyridine rings is 1.